The van der Waals surface area contributed by atoms with Gasteiger partial charge in [0.15, 0.2) is 0 Å². The third-order valence-electron chi connectivity index (χ3n) is 5.60. The summed E-state index contributed by atoms with van der Waals surface area (Å²) in [5, 5.41) is 11.9. The van der Waals surface area contributed by atoms with Crippen LogP contribution in [0.15, 0.2) is 70.9 Å². The highest BCUT2D eigenvalue weighted by Gasteiger charge is 2.45. The molecule has 1 N–H and O–H groups in total. The Kier molecular flexibility index (Phi) is 6.13. The average molecular weight is 458 g/mol. The Hall–Kier alpha value is -2.68. The summed E-state index contributed by atoms with van der Waals surface area (Å²) in [7, 11) is -2.55. The second-order valence-corrected chi connectivity index (χ2v) is 10.3. The Balaban J connectivity index is 1.76. The summed E-state index contributed by atoms with van der Waals surface area (Å²) in [6.45, 7) is 0. The third-order valence-corrected chi connectivity index (χ3v) is 8.49. The van der Waals surface area contributed by atoms with Crippen molar-refractivity contribution >= 4 is 27.3 Å². The van der Waals surface area contributed by atoms with Crippen molar-refractivity contribution in [3.05, 3.63) is 82.0 Å². The zero-order valence-electron chi connectivity index (χ0n) is 17.0. The normalized spacial score (nSPS) is 19.0. The molecule has 0 saturated carbocycles. The number of methoxy groups -OCH3 is 1. The number of aliphatic carboxylic acids is 1. The van der Waals surface area contributed by atoms with E-state index in [9.17, 15) is 18.3 Å². The van der Waals surface area contributed by atoms with Crippen LogP contribution in [0, 0.1) is 0 Å². The highest BCUT2D eigenvalue weighted by Crippen LogP contribution is 2.42. The number of nitrogens with zero attached hydrogens (tertiary/aromatic N) is 1. The average Bonchev–Trinajstić information content (AvgIpc) is 3.26. The summed E-state index contributed by atoms with van der Waals surface area (Å²) in [6, 6.07) is 16.1. The van der Waals surface area contributed by atoms with E-state index in [2.05, 4.69) is 0 Å². The van der Waals surface area contributed by atoms with Crippen LogP contribution >= 0.6 is 11.3 Å². The molecule has 0 saturated heterocycles. The SMILES string of the molecule is COc1ccc(S(=O)(=O)N2[C@H](C(=O)O)Cc3sccc3[C@@H]2CCc2ccccc2)cc1. The standard InChI is InChI=1S/C23H23NO5S2/c1-29-17-8-10-18(11-9-17)31(27,28)24-20(12-7-16-5-3-2-4-6-16)19-13-14-30-22(19)15-21(24)23(25)26/h2-6,8-11,13-14,20-21H,7,12,15H2,1H3,(H,25,26)/t20-,21-/m0/s1. The molecule has 2 heterocycles. The fourth-order valence-electron chi connectivity index (χ4n) is 4.06. The number of carboxylic acid groups (broad SMARTS) is 1. The van der Waals surface area contributed by atoms with Crippen LogP contribution in [0.1, 0.15) is 28.5 Å². The van der Waals surface area contributed by atoms with E-state index in [0.29, 0.717) is 18.6 Å². The Labute approximate surface area is 185 Å². The van der Waals surface area contributed by atoms with Gasteiger partial charge >= 0.3 is 5.97 Å². The first-order valence-corrected chi connectivity index (χ1v) is 12.2. The molecule has 3 aromatic rings. The fraction of sp³-hybridized carbons (Fsp3) is 0.261. The molecule has 8 heteroatoms. The third kappa shape index (κ3) is 4.23. The minimum absolute atomic E-state index is 0.0583. The number of sulfonamides is 1. The molecule has 0 fully saturated rings. The van der Waals surface area contributed by atoms with Gasteiger partial charge in [-0.25, -0.2) is 8.42 Å². The van der Waals surface area contributed by atoms with Gasteiger partial charge in [0, 0.05) is 11.3 Å². The van der Waals surface area contributed by atoms with Crippen molar-refractivity contribution in [2.75, 3.05) is 7.11 Å². The molecule has 31 heavy (non-hydrogen) atoms. The van der Waals surface area contributed by atoms with E-state index in [1.54, 1.807) is 12.1 Å². The predicted molar refractivity (Wildman–Crippen MR) is 119 cm³/mol. The number of thiophene rings is 1. The Morgan fingerprint density at radius 2 is 1.84 bits per heavy atom. The number of carboxylic acids is 1. The van der Waals surface area contributed by atoms with Crippen molar-refractivity contribution in [2.45, 2.75) is 36.2 Å². The van der Waals surface area contributed by atoms with Crippen LogP contribution in [0.5, 0.6) is 5.75 Å². The molecule has 2 aromatic carbocycles. The molecule has 1 aromatic heterocycles. The van der Waals surface area contributed by atoms with Crippen molar-refractivity contribution in [3.63, 3.8) is 0 Å². The van der Waals surface area contributed by atoms with Crippen molar-refractivity contribution < 1.29 is 23.1 Å². The van der Waals surface area contributed by atoms with E-state index in [0.717, 1.165) is 16.0 Å². The van der Waals surface area contributed by atoms with Crippen LogP contribution in [0.4, 0.5) is 0 Å². The van der Waals surface area contributed by atoms with Crippen molar-refractivity contribution in [1.29, 1.82) is 0 Å². The van der Waals surface area contributed by atoms with Gasteiger partial charge in [-0.3, -0.25) is 4.79 Å². The lowest BCUT2D eigenvalue weighted by Crippen LogP contribution is -2.50. The second-order valence-electron chi connectivity index (χ2n) is 7.41. The highest BCUT2D eigenvalue weighted by molar-refractivity contribution is 7.89. The number of fused-ring (bicyclic) bond motifs is 1. The maximum atomic E-state index is 13.7. The zero-order chi connectivity index (χ0) is 22.0. The van der Waals surface area contributed by atoms with Crippen LogP contribution in [0.25, 0.3) is 0 Å². The maximum absolute atomic E-state index is 13.7. The quantitative estimate of drug-likeness (QED) is 0.577. The Bertz CT molecular complexity index is 1160. The number of rotatable bonds is 7. The second kappa shape index (κ2) is 8.82. The van der Waals surface area contributed by atoms with Gasteiger partial charge in [0.1, 0.15) is 11.8 Å². The first kappa shape index (κ1) is 21.5. The van der Waals surface area contributed by atoms with Gasteiger partial charge in [0.25, 0.3) is 0 Å². The summed E-state index contributed by atoms with van der Waals surface area (Å²) in [4.78, 5) is 13.2. The van der Waals surface area contributed by atoms with E-state index in [-0.39, 0.29) is 11.3 Å². The first-order chi connectivity index (χ1) is 14.9. The molecule has 2 atom stereocenters. The van der Waals surface area contributed by atoms with Gasteiger partial charge in [0.2, 0.25) is 10.0 Å². The van der Waals surface area contributed by atoms with Crippen LogP contribution in [0.2, 0.25) is 0 Å². The molecule has 0 spiro atoms. The summed E-state index contributed by atoms with van der Waals surface area (Å²) in [5.74, 6) is -0.603. The van der Waals surface area contributed by atoms with E-state index in [1.165, 1.54) is 34.9 Å². The molecule has 1 aliphatic heterocycles. The van der Waals surface area contributed by atoms with Gasteiger partial charge in [-0.2, -0.15) is 4.31 Å². The van der Waals surface area contributed by atoms with Gasteiger partial charge < -0.3 is 9.84 Å². The lowest BCUT2D eigenvalue weighted by molar-refractivity contribution is -0.142. The van der Waals surface area contributed by atoms with Gasteiger partial charge in [-0.15, -0.1) is 11.3 Å². The van der Waals surface area contributed by atoms with E-state index in [4.69, 9.17) is 4.74 Å². The van der Waals surface area contributed by atoms with E-state index >= 15 is 0 Å². The molecule has 0 unspecified atom stereocenters. The minimum Gasteiger partial charge on any atom is -0.497 e. The minimum atomic E-state index is -4.05. The monoisotopic (exact) mass is 457 g/mol. The molecule has 162 valence electrons. The molecule has 1 aliphatic rings. The topological polar surface area (TPSA) is 83.9 Å². The summed E-state index contributed by atoms with van der Waals surface area (Å²) in [6.07, 6.45) is 1.30. The number of ether oxygens (including phenoxy) is 1. The van der Waals surface area contributed by atoms with Gasteiger partial charge in [0.05, 0.1) is 18.0 Å². The Morgan fingerprint density at radius 3 is 2.48 bits per heavy atom. The van der Waals surface area contributed by atoms with Crippen molar-refractivity contribution in [3.8, 4) is 5.75 Å². The van der Waals surface area contributed by atoms with Crippen molar-refractivity contribution in [2.24, 2.45) is 0 Å². The summed E-state index contributed by atoms with van der Waals surface area (Å²) < 4.78 is 33.7. The van der Waals surface area contributed by atoms with Crippen LogP contribution in [-0.2, 0) is 27.7 Å². The first-order valence-electron chi connectivity index (χ1n) is 9.92. The highest BCUT2D eigenvalue weighted by atomic mass is 32.2. The van der Waals surface area contributed by atoms with E-state index < -0.39 is 28.1 Å². The fourth-order valence-corrected chi connectivity index (χ4v) is 6.81. The molecule has 0 amide bonds. The number of hydrogen-bond acceptors (Lipinski definition) is 5. The van der Waals surface area contributed by atoms with Crippen LogP contribution in [-0.4, -0.2) is 37.0 Å². The molecular formula is C23H23NO5S2. The number of benzene rings is 2. The van der Waals surface area contributed by atoms with Gasteiger partial charge in [-0.1, -0.05) is 30.3 Å². The maximum Gasteiger partial charge on any atom is 0.322 e. The van der Waals surface area contributed by atoms with Crippen LogP contribution < -0.4 is 4.74 Å². The molecule has 0 radical (unpaired) electrons. The van der Waals surface area contributed by atoms with Crippen molar-refractivity contribution in [1.82, 2.24) is 4.31 Å². The van der Waals surface area contributed by atoms with Gasteiger partial charge in [-0.05, 0) is 59.7 Å². The van der Waals surface area contributed by atoms with E-state index in [1.807, 2.05) is 41.8 Å². The summed E-state index contributed by atoms with van der Waals surface area (Å²) >= 11 is 1.48. The molecular weight excluding hydrogens is 434 g/mol. The number of carbonyl (C=O) groups is 1. The summed E-state index contributed by atoms with van der Waals surface area (Å²) in [5.41, 5.74) is 1.98. The predicted octanol–water partition coefficient (Wildman–Crippen LogP) is 4.13. The molecule has 6 nitrogen and oxygen atoms in total. The lowest BCUT2D eigenvalue weighted by Gasteiger charge is -2.39. The molecule has 0 bridgehead atoms. The number of aryl methyl sites for hydroxylation is 1. The largest absolute Gasteiger partial charge is 0.497 e. The van der Waals surface area contributed by atoms with Crippen LogP contribution in [0.3, 0.4) is 0 Å². The number of hydrogen-bond donors (Lipinski definition) is 1. The molecule has 4 rings (SSSR count). The molecule has 0 aliphatic carbocycles. The smallest absolute Gasteiger partial charge is 0.322 e. The Morgan fingerprint density at radius 1 is 1.13 bits per heavy atom. The zero-order valence-corrected chi connectivity index (χ0v) is 18.6. The lowest BCUT2D eigenvalue weighted by atomic mass is 9.92.